The van der Waals surface area contributed by atoms with Gasteiger partial charge >= 0.3 is 0 Å². The minimum Gasteiger partial charge on any atom is -0.396 e. The summed E-state index contributed by atoms with van der Waals surface area (Å²) >= 11 is 0. The average Bonchev–Trinajstić information content (AvgIpc) is 2.23. The van der Waals surface area contributed by atoms with Crippen LogP contribution in [0.25, 0.3) is 0 Å². The SMILES string of the molecule is Nc1ccc(N)[n+](N2CCNCC2)c1. The minimum atomic E-state index is 0.723. The molecule has 14 heavy (non-hydrogen) atoms. The van der Waals surface area contributed by atoms with Gasteiger partial charge in [0.2, 0.25) is 0 Å². The Morgan fingerprint density at radius 1 is 1.21 bits per heavy atom. The number of aromatic nitrogens is 1. The van der Waals surface area contributed by atoms with Crippen molar-refractivity contribution in [3.8, 4) is 0 Å². The molecule has 0 amide bonds. The first kappa shape index (κ1) is 9.08. The van der Waals surface area contributed by atoms with Gasteiger partial charge in [0.05, 0.1) is 18.8 Å². The normalized spacial score (nSPS) is 17.0. The maximum atomic E-state index is 5.87. The smallest absolute Gasteiger partial charge is 0.295 e. The molecule has 2 heterocycles. The topological polar surface area (TPSA) is 71.2 Å². The van der Waals surface area contributed by atoms with E-state index in [2.05, 4.69) is 10.3 Å². The van der Waals surface area contributed by atoms with E-state index in [9.17, 15) is 0 Å². The van der Waals surface area contributed by atoms with Crippen LogP contribution in [0.1, 0.15) is 0 Å². The third-order valence-corrected chi connectivity index (χ3v) is 2.38. The highest BCUT2D eigenvalue weighted by Crippen LogP contribution is 2.01. The summed E-state index contributed by atoms with van der Waals surface area (Å²) in [4.78, 5) is 0. The molecular formula is C9H16N5+. The second-order valence-corrected chi connectivity index (χ2v) is 3.44. The van der Waals surface area contributed by atoms with Crippen molar-refractivity contribution in [3.05, 3.63) is 18.3 Å². The van der Waals surface area contributed by atoms with E-state index >= 15 is 0 Å². The highest BCUT2D eigenvalue weighted by atomic mass is 15.6. The van der Waals surface area contributed by atoms with Crippen molar-refractivity contribution in [1.82, 2.24) is 5.32 Å². The summed E-state index contributed by atoms with van der Waals surface area (Å²) in [5.41, 5.74) is 12.3. The molecule has 1 aromatic heterocycles. The summed E-state index contributed by atoms with van der Waals surface area (Å²) in [5, 5.41) is 5.47. The molecule has 1 saturated heterocycles. The average molecular weight is 194 g/mol. The van der Waals surface area contributed by atoms with Gasteiger partial charge in [-0.2, -0.15) is 0 Å². The number of anilines is 2. The van der Waals surface area contributed by atoms with E-state index in [1.54, 1.807) is 0 Å². The molecule has 1 fully saturated rings. The number of nitrogens with zero attached hydrogens (tertiary/aromatic N) is 2. The molecule has 0 saturated carbocycles. The van der Waals surface area contributed by atoms with Crippen LogP contribution in [0.5, 0.6) is 0 Å². The Balaban J connectivity index is 2.24. The van der Waals surface area contributed by atoms with E-state index in [1.807, 2.05) is 23.0 Å². The van der Waals surface area contributed by atoms with Gasteiger partial charge in [-0.1, -0.05) is 0 Å². The fourth-order valence-corrected chi connectivity index (χ4v) is 1.63. The van der Waals surface area contributed by atoms with Gasteiger partial charge in [-0.15, -0.1) is 4.68 Å². The Labute approximate surface area is 83.3 Å². The van der Waals surface area contributed by atoms with Crippen LogP contribution in [-0.2, 0) is 0 Å². The molecule has 0 spiro atoms. The second-order valence-electron chi connectivity index (χ2n) is 3.44. The van der Waals surface area contributed by atoms with Crippen molar-refractivity contribution >= 4 is 11.5 Å². The number of nitrogens with one attached hydrogen (secondary N) is 1. The van der Waals surface area contributed by atoms with Crippen LogP contribution in [0.15, 0.2) is 18.3 Å². The predicted octanol–water partition coefficient (Wildman–Crippen LogP) is -1.32. The monoisotopic (exact) mass is 194 g/mol. The van der Waals surface area contributed by atoms with Crippen molar-refractivity contribution in [2.24, 2.45) is 0 Å². The van der Waals surface area contributed by atoms with Crippen molar-refractivity contribution in [1.29, 1.82) is 0 Å². The number of hydrogen-bond acceptors (Lipinski definition) is 4. The van der Waals surface area contributed by atoms with Crippen molar-refractivity contribution in [3.63, 3.8) is 0 Å². The fourth-order valence-electron chi connectivity index (χ4n) is 1.63. The zero-order valence-corrected chi connectivity index (χ0v) is 8.11. The van der Waals surface area contributed by atoms with Crippen molar-refractivity contribution in [2.45, 2.75) is 0 Å². The standard InChI is InChI=1S/C9H15N5/c10-8-1-2-9(11)14(7-8)13-5-3-12-4-6-13/h1-2,7,11-12H,3-6,10H2/p+1. The van der Waals surface area contributed by atoms with Gasteiger partial charge in [0.1, 0.15) is 6.20 Å². The number of rotatable bonds is 1. The molecule has 76 valence electrons. The van der Waals surface area contributed by atoms with E-state index in [-0.39, 0.29) is 0 Å². The Morgan fingerprint density at radius 2 is 1.93 bits per heavy atom. The van der Waals surface area contributed by atoms with Gasteiger partial charge in [0, 0.05) is 19.2 Å². The van der Waals surface area contributed by atoms with Gasteiger partial charge in [-0.25, -0.2) is 5.01 Å². The first-order valence-electron chi connectivity index (χ1n) is 4.80. The van der Waals surface area contributed by atoms with Crippen LogP contribution >= 0.6 is 0 Å². The largest absolute Gasteiger partial charge is 0.396 e. The summed E-state index contributed by atoms with van der Waals surface area (Å²) < 4.78 is 1.93. The summed E-state index contributed by atoms with van der Waals surface area (Å²) in [6.07, 6.45) is 1.86. The van der Waals surface area contributed by atoms with Crippen LogP contribution in [0.3, 0.4) is 0 Å². The van der Waals surface area contributed by atoms with E-state index < -0.39 is 0 Å². The van der Waals surface area contributed by atoms with Crippen LogP contribution < -0.4 is 26.5 Å². The van der Waals surface area contributed by atoms with E-state index in [0.717, 1.165) is 37.7 Å². The Morgan fingerprint density at radius 3 is 2.64 bits per heavy atom. The van der Waals surface area contributed by atoms with Crippen LogP contribution in [0.4, 0.5) is 11.5 Å². The number of nitrogens with two attached hydrogens (primary N) is 2. The van der Waals surface area contributed by atoms with E-state index in [1.165, 1.54) is 0 Å². The Hall–Kier alpha value is -1.49. The van der Waals surface area contributed by atoms with E-state index in [4.69, 9.17) is 11.5 Å². The first-order chi connectivity index (χ1) is 6.77. The molecule has 1 aliphatic rings. The van der Waals surface area contributed by atoms with Crippen molar-refractivity contribution < 1.29 is 4.68 Å². The molecule has 0 unspecified atom stereocenters. The number of hydrogen-bond donors (Lipinski definition) is 3. The molecule has 2 rings (SSSR count). The van der Waals surface area contributed by atoms with Crippen LogP contribution in [0.2, 0.25) is 0 Å². The summed E-state index contributed by atoms with van der Waals surface area (Å²) in [6, 6.07) is 3.64. The molecule has 0 radical (unpaired) electrons. The van der Waals surface area contributed by atoms with E-state index in [0.29, 0.717) is 0 Å². The molecule has 0 atom stereocenters. The lowest BCUT2D eigenvalue weighted by molar-refractivity contribution is -0.679. The summed E-state index contributed by atoms with van der Waals surface area (Å²) in [6.45, 7) is 3.89. The number of piperazine rings is 1. The Bertz CT molecular complexity index is 319. The zero-order chi connectivity index (χ0) is 9.97. The van der Waals surface area contributed by atoms with Gasteiger partial charge in [-0.3, -0.25) is 5.73 Å². The highest BCUT2D eigenvalue weighted by molar-refractivity contribution is 5.36. The quantitative estimate of drug-likeness (QED) is 0.485. The van der Waals surface area contributed by atoms with Crippen LogP contribution in [0, 0.1) is 0 Å². The minimum absolute atomic E-state index is 0.723. The number of pyridine rings is 1. The van der Waals surface area contributed by atoms with Gasteiger partial charge in [0.15, 0.2) is 0 Å². The Kier molecular flexibility index (Phi) is 2.41. The third kappa shape index (κ3) is 1.72. The molecule has 1 aliphatic heterocycles. The van der Waals surface area contributed by atoms with Crippen LogP contribution in [-0.4, -0.2) is 26.2 Å². The van der Waals surface area contributed by atoms with Crippen molar-refractivity contribution in [2.75, 3.05) is 42.7 Å². The van der Waals surface area contributed by atoms with Gasteiger partial charge in [0.25, 0.3) is 5.82 Å². The van der Waals surface area contributed by atoms with Gasteiger partial charge in [-0.05, 0) is 6.07 Å². The lowest BCUT2D eigenvalue weighted by Crippen LogP contribution is -2.65. The number of nitrogen functional groups attached to an aromatic ring is 2. The summed E-state index contributed by atoms with van der Waals surface area (Å²) in [7, 11) is 0. The fraction of sp³-hybridized carbons (Fsp3) is 0.444. The molecular weight excluding hydrogens is 178 g/mol. The molecule has 5 N–H and O–H groups in total. The second kappa shape index (κ2) is 3.71. The molecule has 1 aromatic rings. The molecule has 0 aliphatic carbocycles. The van der Waals surface area contributed by atoms with Gasteiger partial charge < -0.3 is 11.1 Å². The zero-order valence-electron chi connectivity index (χ0n) is 8.11. The molecule has 5 heteroatoms. The third-order valence-electron chi connectivity index (χ3n) is 2.38. The maximum absolute atomic E-state index is 5.87. The first-order valence-corrected chi connectivity index (χ1v) is 4.80. The molecule has 0 aromatic carbocycles. The summed E-state index contributed by atoms with van der Waals surface area (Å²) in [5.74, 6) is 0.723. The lowest BCUT2D eigenvalue weighted by Gasteiger charge is -2.27. The highest BCUT2D eigenvalue weighted by Gasteiger charge is 2.16. The maximum Gasteiger partial charge on any atom is 0.295 e. The lowest BCUT2D eigenvalue weighted by atomic mass is 10.4. The predicted molar refractivity (Wildman–Crippen MR) is 56.3 cm³/mol. The molecule has 0 bridgehead atoms. The molecule has 5 nitrogen and oxygen atoms in total.